The topological polar surface area (TPSA) is 50.1 Å². The molecule has 19 heavy (non-hydrogen) atoms. The van der Waals surface area contributed by atoms with Crippen molar-refractivity contribution in [2.24, 2.45) is 7.05 Å². The first-order valence-electron chi connectivity index (χ1n) is 6.95. The van der Waals surface area contributed by atoms with E-state index in [9.17, 15) is 5.11 Å². The number of aryl methyl sites for hydroxylation is 1. The van der Waals surface area contributed by atoms with Crippen molar-refractivity contribution >= 4 is 11.8 Å². The zero-order valence-corrected chi connectivity index (χ0v) is 13.3. The molecule has 0 radical (unpaired) electrons. The van der Waals surface area contributed by atoms with Crippen molar-refractivity contribution in [1.82, 2.24) is 15.1 Å². The van der Waals surface area contributed by atoms with Gasteiger partial charge in [-0.3, -0.25) is 4.68 Å². The molecule has 0 amide bonds. The van der Waals surface area contributed by atoms with Crippen LogP contribution in [-0.4, -0.2) is 38.8 Å². The van der Waals surface area contributed by atoms with Gasteiger partial charge in [-0.05, 0) is 25.5 Å². The zero-order chi connectivity index (χ0) is 14.3. The lowest BCUT2D eigenvalue weighted by molar-refractivity contribution is 0.154. The number of aliphatic hydroxyl groups is 1. The number of nitrogens with one attached hydrogen (secondary N) is 1. The van der Waals surface area contributed by atoms with Gasteiger partial charge in [0.1, 0.15) is 0 Å². The fourth-order valence-electron chi connectivity index (χ4n) is 2.17. The van der Waals surface area contributed by atoms with Crippen LogP contribution in [-0.2, 0) is 7.05 Å². The van der Waals surface area contributed by atoms with Gasteiger partial charge < -0.3 is 10.4 Å². The molecule has 4 nitrogen and oxygen atoms in total. The maximum absolute atomic E-state index is 9.49. The smallest absolute Gasteiger partial charge is 0.0625 e. The summed E-state index contributed by atoms with van der Waals surface area (Å²) < 4.78 is 1.83. The van der Waals surface area contributed by atoms with Gasteiger partial charge in [-0.25, -0.2) is 0 Å². The summed E-state index contributed by atoms with van der Waals surface area (Å²) in [6.45, 7) is 6.53. The second-order valence-electron chi connectivity index (χ2n) is 5.67. The SMILES string of the molecule is CC(C)NC(C)(CO)CCCCSc1cnn(C)c1. The first-order valence-corrected chi connectivity index (χ1v) is 7.94. The highest BCUT2D eigenvalue weighted by Crippen LogP contribution is 2.20. The highest BCUT2D eigenvalue weighted by molar-refractivity contribution is 7.99. The molecular weight excluding hydrogens is 258 g/mol. The maximum atomic E-state index is 9.49. The Balaban J connectivity index is 2.18. The molecule has 0 bridgehead atoms. The first-order chi connectivity index (χ1) is 8.95. The molecule has 1 aromatic heterocycles. The van der Waals surface area contributed by atoms with Gasteiger partial charge in [0.25, 0.3) is 0 Å². The molecule has 0 spiro atoms. The highest BCUT2D eigenvalue weighted by atomic mass is 32.2. The van der Waals surface area contributed by atoms with Gasteiger partial charge in [0.05, 0.1) is 12.8 Å². The predicted molar refractivity (Wildman–Crippen MR) is 81.5 cm³/mol. The van der Waals surface area contributed by atoms with E-state index in [4.69, 9.17) is 0 Å². The fraction of sp³-hybridized carbons (Fsp3) is 0.786. The lowest BCUT2D eigenvalue weighted by atomic mass is 9.95. The third-order valence-electron chi connectivity index (χ3n) is 3.06. The average molecular weight is 285 g/mol. The number of unbranched alkanes of at least 4 members (excludes halogenated alkanes) is 1. The number of hydrogen-bond acceptors (Lipinski definition) is 4. The number of hydrogen-bond donors (Lipinski definition) is 2. The highest BCUT2D eigenvalue weighted by Gasteiger charge is 2.22. The molecule has 0 aliphatic carbocycles. The quantitative estimate of drug-likeness (QED) is 0.540. The Bertz CT molecular complexity index is 367. The molecule has 0 aromatic carbocycles. The van der Waals surface area contributed by atoms with Crippen LogP contribution in [0, 0.1) is 0 Å². The summed E-state index contributed by atoms with van der Waals surface area (Å²) in [6, 6.07) is 0.405. The van der Waals surface area contributed by atoms with Crippen LogP contribution in [0.4, 0.5) is 0 Å². The average Bonchev–Trinajstić information content (AvgIpc) is 2.74. The van der Waals surface area contributed by atoms with E-state index in [1.165, 1.54) is 4.90 Å². The molecule has 0 saturated carbocycles. The van der Waals surface area contributed by atoms with Gasteiger partial charge in [-0.15, -0.1) is 11.8 Å². The molecule has 0 saturated heterocycles. The number of rotatable bonds is 9. The molecule has 5 heteroatoms. The molecular formula is C14H27N3OS. The standard InChI is InChI=1S/C14H27N3OS/c1-12(2)16-14(3,11-18)7-5-6-8-19-13-9-15-17(4)10-13/h9-10,12,16,18H,5-8,11H2,1-4H3. The van der Waals surface area contributed by atoms with E-state index >= 15 is 0 Å². The number of aliphatic hydroxyl groups excluding tert-OH is 1. The van der Waals surface area contributed by atoms with Crippen LogP contribution in [0.5, 0.6) is 0 Å². The Labute approximate surface area is 121 Å². The van der Waals surface area contributed by atoms with Gasteiger partial charge in [0.15, 0.2) is 0 Å². The lowest BCUT2D eigenvalue weighted by Crippen LogP contribution is -2.49. The van der Waals surface area contributed by atoms with E-state index in [0.717, 1.165) is 25.0 Å². The van der Waals surface area contributed by atoms with Gasteiger partial charge >= 0.3 is 0 Å². The molecule has 1 atom stereocenters. The Morgan fingerprint density at radius 2 is 2.21 bits per heavy atom. The van der Waals surface area contributed by atoms with Crippen LogP contribution in [0.1, 0.15) is 40.0 Å². The number of nitrogens with zero attached hydrogens (tertiary/aromatic N) is 2. The van der Waals surface area contributed by atoms with E-state index in [2.05, 4.69) is 31.2 Å². The monoisotopic (exact) mass is 285 g/mol. The number of aromatic nitrogens is 2. The van der Waals surface area contributed by atoms with Gasteiger partial charge in [-0.1, -0.05) is 20.3 Å². The van der Waals surface area contributed by atoms with Crippen molar-refractivity contribution in [2.45, 2.75) is 56.5 Å². The lowest BCUT2D eigenvalue weighted by Gasteiger charge is -2.31. The second-order valence-corrected chi connectivity index (χ2v) is 6.84. The summed E-state index contributed by atoms with van der Waals surface area (Å²) in [5, 5.41) is 17.1. The first kappa shape index (κ1) is 16.5. The zero-order valence-electron chi connectivity index (χ0n) is 12.5. The van der Waals surface area contributed by atoms with Crippen LogP contribution in [0.25, 0.3) is 0 Å². The Morgan fingerprint density at radius 3 is 2.74 bits per heavy atom. The largest absolute Gasteiger partial charge is 0.394 e. The van der Waals surface area contributed by atoms with E-state index < -0.39 is 0 Å². The molecule has 1 aromatic rings. The van der Waals surface area contributed by atoms with Crippen LogP contribution >= 0.6 is 11.8 Å². The molecule has 110 valence electrons. The van der Waals surface area contributed by atoms with Gasteiger partial charge in [0.2, 0.25) is 0 Å². The summed E-state index contributed by atoms with van der Waals surface area (Å²) in [4.78, 5) is 1.23. The predicted octanol–water partition coefficient (Wildman–Crippen LogP) is 2.43. The van der Waals surface area contributed by atoms with Crippen LogP contribution < -0.4 is 5.32 Å². The minimum Gasteiger partial charge on any atom is -0.394 e. The Kier molecular flexibility index (Phi) is 6.89. The van der Waals surface area contributed by atoms with Crippen LogP contribution in [0.15, 0.2) is 17.3 Å². The van der Waals surface area contributed by atoms with Crippen molar-refractivity contribution in [1.29, 1.82) is 0 Å². The van der Waals surface area contributed by atoms with E-state index in [1.54, 1.807) is 0 Å². The molecule has 2 N–H and O–H groups in total. The second kappa shape index (κ2) is 7.92. The summed E-state index contributed by atoms with van der Waals surface area (Å²) in [7, 11) is 1.94. The van der Waals surface area contributed by atoms with Crippen LogP contribution in [0.3, 0.4) is 0 Å². The van der Waals surface area contributed by atoms with Crippen LogP contribution in [0.2, 0.25) is 0 Å². The fourth-order valence-corrected chi connectivity index (χ4v) is 3.11. The molecule has 1 unspecified atom stereocenters. The minimum atomic E-state index is -0.146. The third-order valence-corrected chi connectivity index (χ3v) is 4.10. The van der Waals surface area contributed by atoms with Crippen molar-refractivity contribution in [3.05, 3.63) is 12.4 Å². The molecule has 0 aliphatic rings. The van der Waals surface area contributed by atoms with Crippen molar-refractivity contribution in [3.63, 3.8) is 0 Å². The summed E-state index contributed by atoms with van der Waals surface area (Å²) in [5.74, 6) is 1.11. The van der Waals surface area contributed by atoms with Crippen molar-refractivity contribution in [2.75, 3.05) is 12.4 Å². The van der Waals surface area contributed by atoms with E-state index in [-0.39, 0.29) is 12.1 Å². The summed E-state index contributed by atoms with van der Waals surface area (Å²) in [6.07, 6.45) is 7.25. The Morgan fingerprint density at radius 1 is 1.47 bits per heavy atom. The van der Waals surface area contributed by atoms with E-state index in [1.807, 2.05) is 35.9 Å². The van der Waals surface area contributed by atoms with E-state index in [0.29, 0.717) is 6.04 Å². The third kappa shape index (κ3) is 6.45. The molecule has 0 aliphatic heterocycles. The molecule has 1 rings (SSSR count). The Hall–Kier alpha value is -0.520. The maximum Gasteiger partial charge on any atom is 0.0625 e. The minimum absolute atomic E-state index is 0.146. The molecule has 0 fully saturated rings. The van der Waals surface area contributed by atoms with Gasteiger partial charge in [-0.2, -0.15) is 5.10 Å². The number of thioether (sulfide) groups is 1. The molecule has 1 heterocycles. The summed E-state index contributed by atoms with van der Waals surface area (Å²) >= 11 is 1.85. The van der Waals surface area contributed by atoms with Gasteiger partial charge in [0, 0.05) is 29.7 Å². The summed E-state index contributed by atoms with van der Waals surface area (Å²) in [5.41, 5.74) is -0.146. The van der Waals surface area contributed by atoms with Crippen molar-refractivity contribution < 1.29 is 5.11 Å². The normalized spacial score (nSPS) is 14.8. The van der Waals surface area contributed by atoms with Crippen molar-refractivity contribution in [3.8, 4) is 0 Å².